The Balaban J connectivity index is 0.00000385. The predicted molar refractivity (Wildman–Crippen MR) is 144 cm³/mol. The maximum Gasteiger partial charge on any atom is 0.195 e. The summed E-state index contributed by atoms with van der Waals surface area (Å²) in [7, 11) is 3.30. The molecule has 3 rings (SSSR count). The third kappa shape index (κ3) is 7.36. The summed E-state index contributed by atoms with van der Waals surface area (Å²) in [6.45, 7) is 9.79. The minimum atomic E-state index is -0.187. The summed E-state index contributed by atoms with van der Waals surface area (Å²) in [6.07, 6.45) is 0. The topological polar surface area (TPSA) is 61.4 Å². The fourth-order valence-corrected chi connectivity index (χ4v) is 3.74. The lowest BCUT2D eigenvalue weighted by Gasteiger charge is -2.35. The summed E-state index contributed by atoms with van der Waals surface area (Å²) in [5.41, 5.74) is 2.34. The van der Waals surface area contributed by atoms with Crippen LogP contribution in [0, 0.1) is 5.82 Å². The van der Waals surface area contributed by atoms with Crippen LogP contribution in [-0.4, -0.2) is 64.3 Å². The number of hydrogen-bond acceptors (Lipinski definition) is 5. The highest BCUT2D eigenvalue weighted by Gasteiger charge is 2.18. The molecular weight excluding hydrogens is 536 g/mol. The lowest BCUT2D eigenvalue weighted by atomic mass is 10.1. The number of nitrogens with zero attached hydrogens (tertiary/aromatic N) is 3. The molecule has 0 aliphatic carbocycles. The standard InChI is InChI=1S/C24H34FN5O2.HI/c1-5-29-11-13-30(14-12-29)21-9-7-18(15-20(21)25)17-27-24(26-3)28-19-8-10-22(32-6-2)23(16-19)31-4;/h7-10,15-16H,5-6,11-14,17H2,1-4H3,(H2,26,27,28);1H. The average Bonchev–Trinajstić information content (AvgIpc) is 2.83. The zero-order valence-corrected chi connectivity index (χ0v) is 22.2. The molecule has 2 aromatic rings. The number of hydrogen-bond donors (Lipinski definition) is 2. The van der Waals surface area contributed by atoms with Crippen molar-refractivity contribution in [2.24, 2.45) is 4.99 Å². The van der Waals surface area contributed by atoms with Crippen molar-refractivity contribution in [2.75, 3.05) is 63.7 Å². The minimum Gasteiger partial charge on any atom is -0.493 e. The molecule has 33 heavy (non-hydrogen) atoms. The fourth-order valence-electron chi connectivity index (χ4n) is 3.74. The molecule has 7 nitrogen and oxygen atoms in total. The summed E-state index contributed by atoms with van der Waals surface area (Å²) in [6, 6.07) is 11.0. The Hall–Kier alpha value is -2.27. The van der Waals surface area contributed by atoms with Crippen LogP contribution < -0.4 is 25.0 Å². The number of aliphatic imine (C=N–C) groups is 1. The van der Waals surface area contributed by atoms with E-state index >= 15 is 0 Å². The van der Waals surface area contributed by atoms with Crippen LogP contribution in [0.4, 0.5) is 15.8 Å². The molecule has 1 heterocycles. The first-order chi connectivity index (χ1) is 15.6. The summed E-state index contributed by atoms with van der Waals surface area (Å²) in [5, 5.41) is 6.46. The maximum atomic E-state index is 14.8. The zero-order valence-electron chi connectivity index (χ0n) is 19.9. The summed E-state index contributed by atoms with van der Waals surface area (Å²) in [5.74, 6) is 1.73. The van der Waals surface area contributed by atoms with Crippen molar-refractivity contribution < 1.29 is 13.9 Å². The number of halogens is 2. The van der Waals surface area contributed by atoms with Gasteiger partial charge < -0.3 is 29.9 Å². The predicted octanol–water partition coefficient (Wildman–Crippen LogP) is 4.18. The number of guanidine groups is 1. The van der Waals surface area contributed by atoms with Crippen LogP contribution in [0.3, 0.4) is 0 Å². The van der Waals surface area contributed by atoms with Crippen LogP contribution in [-0.2, 0) is 6.54 Å². The molecule has 0 spiro atoms. The number of nitrogens with one attached hydrogen (secondary N) is 2. The van der Waals surface area contributed by atoms with Gasteiger partial charge in [0, 0.05) is 51.5 Å². The van der Waals surface area contributed by atoms with Crippen molar-refractivity contribution in [3.05, 3.63) is 47.8 Å². The number of benzene rings is 2. The molecule has 0 saturated carbocycles. The fraction of sp³-hybridized carbons (Fsp3) is 0.458. The molecule has 9 heteroatoms. The van der Waals surface area contributed by atoms with E-state index < -0.39 is 0 Å². The van der Waals surface area contributed by atoms with E-state index in [9.17, 15) is 4.39 Å². The van der Waals surface area contributed by atoms with Crippen molar-refractivity contribution in [1.82, 2.24) is 10.2 Å². The van der Waals surface area contributed by atoms with E-state index in [0.717, 1.165) is 44.0 Å². The molecule has 1 fully saturated rings. The van der Waals surface area contributed by atoms with E-state index in [1.165, 1.54) is 0 Å². The van der Waals surface area contributed by atoms with E-state index in [1.54, 1.807) is 20.2 Å². The Labute approximate surface area is 213 Å². The summed E-state index contributed by atoms with van der Waals surface area (Å²) < 4.78 is 25.7. The second kappa shape index (κ2) is 13.4. The summed E-state index contributed by atoms with van der Waals surface area (Å²) in [4.78, 5) is 8.76. The maximum absolute atomic E-state index is 14.8. The van der Waals surface area contributed by atoms with Gasteiger partial charge in [0.25, 0.3) is 0 Å². The van der Waals surface area contributed by atoms with Crippen LogP contribution in [0.25, 0.3) is 0 Å². The van der Waals surface area contributed by atoms with E-state index in [4.69, 9.17) is 9.47 Å². The lowest BCUT2D eigenvalue weighted by Crippen LogP contribution is -2.46. The van der Waals surface area contributed by atoms with Crippen LogP contribution in [0.2, 0.25) is 0 Å². The Kier molecular flexibility index (Phi) is 11.0. The Bertz CT molecular complexity index is 920. The highest BCUT2D eigenvalue weighted by molar-refractivity contribution is 14.0. The second-order valence-electron chi connectivity index (χ2n) is 7.56. The molecule has 1 aliphatic rings. The Morgan fingerprint density at radius 2 is 1.82 bits per heavy atom. The van der Waals surface area contributed by atoms with Gasteiger partial charge in [-0.05, 0) is 43.3 Å². The van der Waals surface area contributed by atoms with Gasteiger partial charge in [-0.3, -0.25) is 4.99 Å². The van der Waals surface area contributed by atoms with E-state index in [2.05, 4.69) is 32.3 Å². The van der Waals surface area contributed by atoms with Crippen molar-refractivity contribution in [2.45, 2.75) is 20.4 Å². The smallest absolute Gasteiger partial charge is 0.195 e. The highest BCUT2D eigenvalue weighted by atomic mass is 127. The number of rotatable bonds is 8. The third-order valence-corrected chi connectivity index (χ3v) is 5.58. The van der Waals surface area contributed by atoms with E-state index in [0.29, 0.717) is 36.3 Å². The number of methoxy groups -OCH3 is 1. The zero-order chi connectivity index (χ0) is 22.9. The molecule has 0 bridgehead atoms. The van der Waals surface area contributed by atoms with Crippen molar-refractivity contribution >= 4 is 41.3 Å². The van der Waals surface area contributed by atoms with Gasteiger partial charge in [-0.25, -0.2) is 4.39 Å². The molecule has 1 saturated heterocycles. The quantitative estimate of drug-likeness (QED) is 0.282. The Morgan fingerprint density at radius 3 is 2.42 bits per heavy atom. The minimum absolute atomic E-state index is 0. The van der Waals surface area contributed by atoms with Crippen LogP contribution >= 0.6 is 24.0 Å². The molecule has 0 aromatic heterocycles. The molecular formula is C24H35FIN5O2. The summed E-state index contributed by atoms with van der Waals surface area (Å²) >= 11 is 0. The first-order valence-corrected chi connectivity index (χ1v) is 11.1. The van der Waals surface area contributed by atoms with Crippen molar-refractivity contribution in [3.63, 3.8) is 0 Å². The van der Waals surface area contributed by atoms with Gasteiger partial charge in [0.05, 0.1) is 19.4 Å². The van der Waals surface area contributed by atoms with Gasteiger partial charge in [0.1, 0.15) is 5.82 Å². The molecule has 2 aromatic carbocycles. The molecule has 0 amide bonds. The van der Waals surface area contributed by atoms with Gasteiger partial charge >= 0.3 is 0 Å². The molecule has 2 N–H and O–H groups in total. The number of ether oxygens (including phenoxy) is 2. The third-order valence-electron chi connectivity index (χ3n) is 5.58. The van der Waals surface area contributed by atoms with Gasteiger partial charge in [-0.2, -0.15) is 0 Å². The van der Waals surface area contributed by atoms with Gasteiger partial charge in [-0.15, -0.1) is 24.0 Å². The van der Waals surface area contributed by atoms with Crippen molar-refractivity contribution in [3.8, 4) is 11.5 Å². The van der Waals surface area contributed by atoms with Crippen LogP contribution in [0.1, 0.15) is 19.4 Å². The number of anilines is 2. The van der Waals surface area contributed by atoms with E-state index in [-0.39, 0.29) is 29.8 Å². The van der Waals surface area contributed by atoms with Crippen molar-refractivity contribution in [1.29, 1.82) is 0 Å². The SMILES string of the molecule is CCOc1ccc(NC(=NC)NCc2ccc(N3CCN(CC)CC3)c(F)c2)cc1OC.I. The van der Waals surface area contributed by atoms with E-state index in [1.807, 2.05) is 37.3 Å². The highest BCUT2D eigenvalue weighted by Crippen LogP contribution is 2.30. The molecule has 182 valence electrons. The molecule has 0 atom stereocenters. The first kappa shape index (κ1) is 27.0. The first-order valence-electron chi connectivity index (χ1n) is 11.1. The number of piperazine rings is 1. The normalized spacial score (nSPS) is 14.5. The monoisotopic (exact) mass is 571 g/mol. The molecule has 0 unspecified atom stereocenters. The second-order valence-corrected chi connectivity index (χ2v) is 7.56. The van der Waals surface area contributed by atoms with Crippen LogP contribution in [0.15, 0.2) is 41.4 Å². The average molecular weight is 571 g/mol. The molecule has 1 aliphatic heterocycles. The Morgan fingerprint density at radius 1 is 1.06 bits per heavy atom. The number of likely N-dealkylation sites (N-methyl/N-ethyl adjacent to an activating group) is 1. The van der Waals surface area contributed by atoms with Gasteiger partial charge in [0.15, 0.2) is 17.5 Å². The van der Waals surface area contributed by atoms with Gasteiger partial charge in [-0.1, -0.05) is 13.0 Å². The lowest BCUT2D eigenvalue weighted by molar-refractivity contribution is 0.270. The van der Waals surface area contributed by atoms with Gasteiger partial charge in [0.2, 0.25) is 0 Å². The molecule has 0 radical (unpaired) electrons. The van der Waals surface area contributed by atoms with Crippen LogP contribution in [0.5, 0.6) is 11.5 Å². The largest absolute Gasteiger partial charge is 0.493 e.